The van der Waals surface area contributed by atoms with Crippen LogP contribution in [0.4, 0.5) is 5.69 Å². The van der Waals surface area contributed by atoms with Gasteiger partial charge in [-0.25, -0.2) is 0 Å². The number of nitrogens with one attached hydrogen (secondary N) is 1. The number of hydrogen-bond donors (Lipinski definition) is 2. The molecule has 0 spiro atoms. The van der Waals surface area contributed by atoms with Crippen molar-refractivity contribution in [3.05, 3.63) is 95.7 Å². The molecule has 1 saturated carbocycles. The van der Waals surface area contributed by atoms with E-state index in [4.69, 9.17) is 4.52 Å². The molecule has 2 heterocycles. The van der Waals surface area contributed by atoms with Crippen molar-refractivity contribution in [3.63, 3.8) is 0 Å². The van der Waals surface area contributed by atoms with Crippen molar-refractivity contribution in [2.24, 2.45) is 0 Å². The van der Waals surface area contributed by atoms with Gasteiger partial charge in [-0.1, -0.05) is 84.0 Å². The highest BCUT2D eigenvalue weighted by atomic mass is 16.5. The van der Waals surface area contributed by atoms with E-state index in [9.17, 15) is 9.90 Å². The van der Waals surface area contributed by atoms with Crippen LogP contribution in [0.25, 0.3) is 22.5 Å². The SMILES string of the molecule is Cc1noc(-c2ccc(-c3ccc(C4(C(=O)O)CC4)cc3)cc2)c1N(Cc1ccccc1)C1CCNCC1. The van der Waals surface area contributed by atoms with E-state index < -0.39 is 11.4 Å². The lowest BCUT2D eigenvalue weighted by Crippen LogP contribution is -2.43. The average molecular weight is 508 g/mol. The van der Waals surface area contributed by atoms with Gasteiger partial charge < -0.3 is 19.8 Å². The van der Waals surface area contributed by atoms with E-state index in [0.717, 1.165) is 71.9 Å². The Hall–Kier alpha value is -3.90. The van der Waals surface area contributed by atoms with E-state index in [1.54, 1.807) is 0 Å². The van der Waals surface area contributed by atoms with Crippen LogP contribution in [-0.4, -0.2) is 35.4 Å². The first-order valence-electron chi connectivity index (χ1n) is 13.5. The Bertz CT molecular complexity index is 1400. The highest BCUT2D eigenvalue weighted by molar-refractivity contribution is 5.85. The van der Waals surface area contributed by atoms with Crippen LogP contribution in [0.5, 0.6) is 0 Å². The Morgan fingerprint density at radius 3 is 2.16 bits per heavy atom. The second-order valence-corrected chi connectivity index (χ2v) is 10.6. The number of benzene rings is 3. The molecule has 1 aromatic heterocycles. The smallest absolute Gasteiger partial charge is 0.314 e. The summed E-state index contributed by atoms with van der Waals surface area (Å²) in [5, 5.41) is 17.5. The van der Waals surface area contributed by atoms with E-state index in [1.807, 2.05) is 31.2 Å². The quantitative estimate of drug-likeness (QED) is 0.296. The zero-order valence-corrected chi connectivity index (χ0v) is 21.7. The van der Waals surface area contributed by atoms with Gasteiger partial charge >= 0.3 is 5.97 Å². The topological polar surface area (TPSA) is 78.6 Å². The molecule has 1 aliphatic heterocycles. The van der Waals surface area contributed by atoms with Crippen LogP contribution in [-0.2, 0) is 16.8 Å². The third-order valence-electron chi connectivity index (χ3n) is 8.14. The number of aliphatic carboxylic acids is 1. The van der Waals surface area contributed by atoms with E-state index >= 15 is 0 Å². The molecule has 1 saturated heterocycles. The molecule has 0 bridgehead atoms. The maximum absolute atomic E-state index is 11.7. The standard InChI is InChI=1S/C32H33N3O3/c1-22-29(35(28-15-19-33-20-16-28)21-23-5-3-2-4-6-23)30(38-34-22)26-9-7-24(8-10-26)25-11-13-27(14-12-25)32(17-18-32)31(36)37/h2-14,28,33H,15-21H2,1H3,(H,36,37). The van der Waals surface area contributed by atoms with Crippen LogP contribution >= 0.6 is 0 Å². The van der Waals surface area contributed by atoms with Gasteiger partial charge in [0.15, 0.2) is 5.76 Å². The number of carboxylic acids is 1. The number of anilines is 1. The Balaban J connectivity index is 1.29. The number of nitrogens with zero attached hydrogens (tertiary/aromatic N) is 2. The van der Waals surface area contributed by atoms with Gasteiger partial charge in [0.1, 0.15) is 11.4 Å². The van der Waals surface area contributed by atoms with E-state index in [-0.39, 0.29) is 0 Å². The lowest BCUT2D eigenvalue weighted by Gasteiger charge is -2.36. The molecule has 0 radical (unpaired) electrons. The Morgan fingerprint density at radius 2 is 1.55 bits per heavy atom. The normalized spacial score (nSPS) is 16.8. The van der Waals surface area contributed by atoms with E-state index in [0.29, 0.717) is 18.9 Å². The molecule has 2 N–H and O–H groups in total. The molecule has 0 atom stereocenters. The summed E-state index contributed by atoms with van der Waals surface area (Å²) in [7, 11) is 0. The summed E-state index contributed by atoms with van der Waals surface area (Å²) in [4.78, 5) is 14.2. The number of carboxylic acid groups (broad SMARTS) is 1. The monoisotopic (exact) mass is 507 g/mol. The molecule has 194 valence electrons. The number of piperidine rings is 1. The van der Waals surface area contributed by atoms with Crippen molar-refractivity contribution in [2.75, 3.05) is 18.0 Å². The molecule has 1 aliphatic carbocycles. The molecule has 2 fully saturated rings. The fourth-order valence-electron chi connectivity index (χ4n) is 5.73. The van der Waals surface area contributed by atoms with Gasteiger partial charge in [-0.15, -0.1) is 0 Å². The minimum Gasteiger partial charge on any atom is -0.481 e. The average Bonchev–Trinajstić information content (AvgIpc) is 3.70. The van der Waals surface area contributed by atoms with Crippen molar-refractivity contribution < 1.29 is 14.4 Å². The summed E-state index contributed by atoms with van der Waals surface area (Å²) in [6, 6.07) is 27.4. The Morgan fingerprint density at radius 1 is 0.947 bits per heavy atom. The summed E-state index contributed by atoms with van der Waals surface area (Å²) < 4.78 is 5.96. The summed E-state index contributed by atoms with van der Waals surface area (Å²) in [6.45, 7) is 4.86. The Kier molecular flexibility index (Phi) is 6.50. The van der Waals surface area contributed by atoms with Crippen molar-refractivity contribution in [2.45, 2.75) is 50.6 Å². The lowest BCUT2D eigenvalue weighted by atomic mass is 9.93. The minimum atomic E-state index is -0.724. The molecule has 6 nitrogen and oxygen atoms in total. The molecule has 6 rings (SSSR count). The molecule has 6 heteroatoms. The van der Waals surface area contributed by atoms with Gasteiger partial charge in [0.25, 0.3) is 0 Å². The number of hydrogen-bond acceptors (Lipinski definition) is 5. The van der Waals surface area contributed by atoms with Crippen molar-refractivity contribution in [3.8, 4) is 22.5 Å². The number of carbonyl (C=O) groups is 1. The van der Waals surface area contributed by atoms with Crippen molar-refractivity contribution in [1.29, 1.82) is 0 Å². The summed E-state index contributed by atoms with van der Waals surface area (Å²) in [6.07, 6.45) is 3.59. The predicted molar refractivity (Wildman–Crippen MR) is 149 cm³/mol. The number of aromatic nitrogens is 1. The van der Waals surface area contributed by atoms with Crippen LogP contribution in [0, 0.1) is 6.92 Å². The highest BCUT2D eigenvalue weighted by Gasteiger charge is 2.51. The minimum absolute atomic E-state index is 0.409. The summed E-state index contributed by atoms with van der Waals surface area (Å²) >= 11 is 0. The van der Waals surface area contributed by atoms with Crippen LogP contribution in [0.3, 0.4) is 0 Å². The van der Waals surface area contributed by atoms with Gasteiger partial charge in [-0.05, 0) is 68.0 Å². The summed E-state index contributed by atoms with van der Waals surface area (Å²) in [5.41, 5.74) is 6.60. The largest absolute Gasteiger partial charge is 0.481 e. The van der Waals surface area contributed by atoms with Gasteiger partial charge in [0, 0.05) is 18.2 Å². The predicted octanol–water partition coefficient (Wildman–Crippen LogP) is 6.19. The van der Waals surface area contributed by atoms with Gasteiger partial charge in [-0.2, -0.15) is 0 Å². The van der Waals surface area contributed by atoms with Crippen LogP contribution in [0.1, 0.15) is 42.5 Å². The fraction of sp³-hybridized carbons (Fsp3) is 0.312. The first kappa shape index (κ1) is 24.4. The molecule has 0 unspecified atom stereocenters. The number of aryl methyl sites for hydroxylation is 1. The van der Waals surface area contributed by atoms with E-state index in [2.05, 4.69) is 70.0 Å². The second kappa shape index (κ2) is 10.1. The van der Waals surface area contributed by atoms with Crippen LogP contribution < -0.4 is 10.2 Å². The van der Waals surface area contributed by atoms with Gasteiger partial charge in [-0.3, -0.25) is 4.79 Å². The molecule has 0 amide bonds. The zero-order valence-electron chi connectivity index (χ0n) is 21.7. The van der Waals surface area contributed by atoms with Crippen LogP contribution in [0.2, 0.25) is 0 Å². The van der Waals surface area contributed by atoms with Crippen molar-refractivity contribution in [1.82, 2.24) is 10.5 Å². The molecular formula is C32H33N3O3. The molecule has 3 aromatic carbocycles. The van der Waals surface area contributed by atoms with Gasteiger partial charge in [0.2, 0.25) is 0 Å². The lowest BCUT2D eigenvalue weighted by molar-refractivity contribution is -0.140. The summed E-state index contributed by atoms with van der Waals surface area (Å²) in [5.74, 6) is 0.0783. The second-order valence-electron chi connectivity index (χ2n) is 10.6. The highest BCUT2D eigenvalue weighted by Crippen LogP contribution is 2.48. The molecular weight excluding hydrogens is 474 g/mol. The third kappa shape index (κ3) is 4.61. The van der Waals surface area contributed by atoms with E-state index in [1.165, 1.54) is 5.56 Å². The number of rotatable bonds is 8. The maximum Gasteiger partial charge on any atom is 0.314 e. The van der Waals surface area contributed by atoms with Gasteiger partial charge in [0.05, 0.1) is 5.41 Å². The fourth-order valence-corrected chi connectivity index (χ4v) is 5.73. The molecule has 2 aliphatic rings. The first-order chi connectivity index (χ1) is 18.5. The molecule has 4 aromatic rings. The van der Waals surface area contributed by atoms with Crippen molar-refractivity contribution >= 4 is 11.7 Å². The molecule has 38 heavy (non-hydrogen) atoms. The maximum atomic E-state index is 11.7. The van der Waals surface area contributed by atoms with Crippen LogP contribution in [0.15, 0.2) is 83.4 Å². The first-order valence-corrected chi connectivity index (χ1v) is 13.5. The zero-order chi connectivity index (χ0) is 26.1. The Labute approximate surface area is 223 Å². The third-order valence-corrected chi connectivity index (χ3v) is 8.14.